The Bertz CT molecular complexity index is 377. The van der Waals surface area contributed by atoms with E-state index in [2.05, 4.69) is 6.92 Å². The third kappa shape index (κ3) is 1.57. The van der Waals surface area contributed by atoms with Crippen molar-refractivity contribution in [3.8, 4) is 0 Å². The highest BCUT2D eigenvalue weighted by molar-refractivity contribution is 5.74. The van der Waals surface area contributed by atoms with Crippen LogP contribution < -0.4 is 0 Å². The van der Waals surface area contributed by atoms with E-state index in [0.29, 0.717) is 11.8 Å². The minimum absolute atomic E-state index is 0.109. The van der Waals surface area contributed by atoms with E-state index < -0.39 is 0 Å². The third-order valence-corrected chi connectivity index (χ3v) is 6.47. The number of rotatable bonds is 2. The van der Waals surface area contributed by atoms with Crippen molar-refractivity contribution in [3.05, 3.63) is 0 Å². The normalized spacial score (nSPS) is 53.1. The van der Waals surface area contributed by atoms with Crippen molar-refractivity contribution in [1.29, 1.82) is 0 Å². The first-order valence-electron chi connectivity index (χ1n) is 7.87. The number of hydrogen-bond acceptors (Lipinski definition) is 2. The lowest BCUT2D eigenvalue weighted by Gasteiger charge is -2.35. The molecule has 100 valence electrons. The van der Waals surface area contributed by atoms with Crippen LogP contribution in [0.2, 0.25) is 0 Å². The Labute approximate surface area is 109 Å². The second kappa shape index (κ2) is 3.74. The summed E-state index contributed by atoms with van der Waals surface area (Å²) in [5.74, 6) is 3.39. The van der Waals surface area contributed by atoms with Gasteiger partial charge in [0.2, 0.25) is 0 Å². The van der Waals surface area contributed by atoms with Gasteiger partial charge < -0.3 is 4.74 Å². The summed E-state index contributed by atoms with van der Waals surface area (Å²) >= 11 is 0. The highest BCUT2D eigenvalue weighted by Gasteiger charge is 2.52. The Morgan fingerprint density at radius 1 is 1.06 bits per heavy atom. The Kier molecular flexibility index (Phi) is 2.35. The third-order valence-electron chi connectivity index (χ3n) is 6.47. The number of fused-ring (bicyclic) bond motifs is 4. The van der Waals surface area contributed by atoms with Crippen LogP contribution in [0.1, 0.15) is 58.3 Å². The quantitative estimate of drug-likeness (QED) is 0.699. The minimum atomic E-state index is -0.109. The van der Waals surface area contributed by atoms with Crippen LogP contribution in [0.3, 0.4) is 0 Å². The van der Waals surface area contributed by atoms with Crippen LogP contribution in [0.4, 0.5) is 0 Å². The molecule has 6 atom stereocenters. The smallest absolute Gasteiger partial charge is 0.309 e. The van der Waals surface area contributed by atoms with Crippen molar-refractivity contribution >= 4 is 5.97 Å². The number of ether oxygens (including phenoxy) is 1. The van der Waals surface area contributed by atoms with Crippen LogP contribution in [0.15, 0.2) is 0 Å². The molecule has 4 bridgehead atoms. The van der Waals surface area contributed by atoms with Crippen LogP contribution in [0.25, 0.3) is 0 Å². The number of hydrogen-bond donors (Lipinski definition) is 0. The molecule has 0 N–H and O–H groups in total. The van der Waals surface area contributed by atoms with E-state index in [1.165, 1.54) is 38.5 Å². The summed E-state index contributed by atoms with van der Waals surface area (Å²) in [5, 5.41) is 0. The molecule has 0 heterocycles. The van der Waals surface area contributed by atoms with E-state index >= 15 is 0 Å². The van der Waals surface area contributed by atoms with Gasteiger partial charge in [-0.15, -0.1) is 0 Å². The van der Waals surface area contributed by atoms with Crippen LogP contribution in [-0.2, 0) is 9.53 Å². The molecule has 6 unspecified atom stereocenters. The molecule has 0 radical (unpaired) electrons. The summed E-state index contributed by atoms with van der Waals surface area (Å²) < 4.78 is 6.03. The van der Waals surface area contributed by atoms with Crippen molar-refractivity contribution < 1.29 is 9.53 Å². The number of carbonyl (C=O) groups is 1. The monoisotopic (exact) mass is 248 g/mol. The molecule has 4 rings (SSSR count). The molecule has 2 nitrogen and oxygen atoms in total. The molecule has 0 aromatic rings. The van der Waals surface area contributed by atoms with Crippen molar-refractivity contribution in [3.63, 3.8) is 0 Å². The average Bonchev–Trinajstić information content (AvgIpc) is 3.07. The maximum absolute atomic E-state index is 12.5. The molecule has 4 fully saturated rings. The molecule has 4 aliphatic carbocycles. The SMILES string of the molecule is CC1(OC(=O)C2CC3CCC2C3)CC2CCC1C2. The zero-order valence-corrected chi connectivity index (χ0v) is 11.4. The van der Waals surface area contributed by atoms with Crippen LogP contribution in [0.5, 0.6) is 0 Å². The molecule has 0 aliphatic heterocycles. The Morgan fingerprint density at radius 2 is 1.89 bits per heavy atom. The van der Waals surface area contributed by atoms with Gasteiger partial charge in [-0.3, -0.25) is 4.79 Å². The summed E-state index contributed by atoms with van der Waals surface area (Å²) in [4.78, 5) is 12.5. The van der Waals surface area contributed by atoms with Crippen LogP contribution in [0, 0.1) is 29.6 Å². The van der Waals surface area contributed by atoms with E-state index in [1.54, 1.807) is 0 Å². The zero-order chi connectivity index (χ0) is 12.3. The van der Waals surface area contributed by atoms with E-state index in [0.717, 1.165) is 24.7 Å². The number of esters is 1. The summed E-state index contributed by atoms with van der Waals surface area (Å²) in [7, 11) is 0. The Morgan fingerprint density at radius 3 is 2.44 bits per heavy atom. The van der Waals surface area contributed by atoms with Gasteiger partial charge in [-0.05, 0) is 75.5 Å². The van der Waals surface area contributed by atoms with E-state index in [1.807, 2.05) is 0 Å². The molecule has 4 saturated carbocycles. The second-order valence-electron chi connectivity index (χ2n) is 7.60. The minimum Gasteiger partial charge on any atom is -0.459 e. The van der Waals surface area contributed by atoms with Gasteiger partial charge in [0.25, 0.3) is 0 Å². The fourth-order valence-electron chi connectivity index (χ4n) is 5.52. The molecule has 0 spiro atoms. The number of carbonyl (C=O) groups excluding carboxylic acids is 1. The Balaban J connectivity index is 1.44. The van der Waals surface area contributed by atoms with Gasteiger partial charge in [-0.25, -0.2) is 0 Å². The molecule has 0 saturated heterocycles. The Hall–Kier alpha value is -0.530. The van der Waals surface area contributed by atoms with Crippen molar-refractivity contribution in [2.24, 2.45) is 29.6 Å². The van der Waals surface area contributed by atoms with Gasteiger partial charge in [0, 0.05) is 0 Å². The van der Waals surface area contributed by atoms with E-state index in [4.69, 9.17) is 4.74 Å². The fourth-order valence-corrected chi connectivity index (χ4v) is 5.52. The molecule has 18 heavy (non-hydrogen) atoms. The van der Waals surface area contributed by atoms with Gasteiger partial charge in [-0.2, -0.15) is 0 Å². The van der Waals surface area contributed by atoms with Crippen molar-refractivity contribution in [1.82, 2.24) is 0 Å². The first kappa shape index (κ1) is 11.3. The summed E-state index contributed by atoms with van der Waals surface area (Å²) in [5.41, 5.74) is -0.109. The first-order chi connectivity index (χ1) is 8.64. The molecule has 0 aromatic carbocycles. The maximum Gasteiger partial charge on any atom is 0.309 e. The summed E-state index contributed by atoms with van der Waals surface area (Å²) in [6.07, 6.45) is 10.1. The zero-order valence-electron chi connectivity index (χ0n) is 11.4. The van der Waals surface area contributed by atoms with Crippen LogP contribution in [-0.4, -0.2) is 11.6 Å². The predicted octanol–water partition coefficient (Wildman–Crippen LogP) is 3.54. The largest absolute Gasteiger partial charge is 0.459 e. The van der Waals surface area contributed by atoms with Gasteiger partial charge in [0.05, 0.1) is 5.92 Å². The molecule has 2 heteroatoms. The molecule has 4 aliphatic rings. The lowest BCUT2D eigenvalue weighted by atomic mass is 9.84. The highest BCUT2D eigenvalue weighted by Crippen LogP contribution is 2.54. The molecule has 0 amide bonds. The predicted molar refractivity (Wildman–Crippen MR) is 68.9 cm³/mol. The van der Waals surface area contributed by atoms with Gasteiger partial charge >= 0.3 is 5.97 Å². The lowest BCUT2D eigenvalue weighted by Crippen LogP contribution is -2.40. The second-order valence-corrected chi connectivity index (χ2v) is 7.60. The first-order valence-corrected chi connectivity index (χ1v) is 7.87. The molecular formula is C16H24O2. The highest BCUT2D eigenvalue weighted by atomic mass is 16.6. The topological polar surface area (TPSA) is 26.3 Å². The van der Waals surface area contributed by atoms with Gasteiger partial charge in [0.1, 0.15) is 5.60 Å². The average molecular weight is 248 g/mol. The van der Waals surface area contributed by atoms with Crippen molar-refractivity contribution in [2.75, 3.05) is 0 Å². The summed E-state index contributed by atoms with van der Waals surface area (Å²) in [6, 6.07) is 0. The standard InChI is InChI=1S/C16H24O2/c1-16(9-11-3-5-13(16)7-11)18-15(17)14-8-10-2-4-12(14)6-10/h10-14H,2-9H2,1H3. The van der Waals surface area contributed by atoms with E-state index in [-0.39, 0.29) is 17.5 Å². The van der Waals surface area contributed by atoms with Crippen molar-refractivity contribution in [2.45, 2.75) is 63.9 Å². The maximum atomic E-state index is 12.5. The fraction of sp³-hybridized carbons (Fsp3) is 0.938. The summed E-state index contributed by atoms with van der Waals surface area (Å²) in [6.45, 7) is 2.20. The van der Waals surface area contributed by atoms with E-state index in [9.17, 15) is 4.79 Å². The van der Waals surface area contributed by atoms with Gasteiger partial charge in [-0.1, -0.05) is 6.42 Å². The van der Waals surface area contributed by atoms with Crippen LogP contribution >= 0.6 is 0 Å². The molecular weight excluding hydrogens is 224 g/mol. The molecule has 0 aromatic heterocycles. The lowest BCUT2D eigenvalue weighted by molar-refractivity contribution is -0.170. The van der Waals surface area contributed by atoms with Gasteiger partial charge in [0.15, 0.2) is 0 Å².